The number of hydrogen-bond donors (Lipinski definition) is 1. The predicted molar refractivity (Wildman–Crippen MR) is 63.8 cm³/mol. The molecule has 1 aromatic rings. The number of nitrogens with zero attached hydrogens (tertiary/aromatic N) is 2. The summed E-state index contributed by atoms with van der Waals surface area (Å²) in [5.74, 6) is 0.310. The Kier molecular flexibility index (Phi) is 4.12. The lowest BCUT2D eigenvalue weighted by molar-refractivity contribution is 0.0948. The molecule has 1 heterocycles. The first-order chi connectivity index (χ1) is 7.77. The van der Waals surface area contributed by atoms with Crippen LogP contribution in [0, 0.1) is 5.92 Å². The van der Waals surface area contributed by atoms with Crippen LogP contribution in [0.2, 0.25) is 0 Å². The molecule has 0 radical (unpaired) electrons. The summed E-state index contributed by atoms with van der Waals surface area (Å²) < 4.78 is 3.66. The Morgan fingerprint density at radius 1 is 1.56 bits per heavy atom. The lowest BCUT2D eigenvalue weighted by Crippen LogP contribution is -2.34. The van der Waals surface area contributed by atoms with E-state index in [0.29, 0.717) is 17.3 Å². The van der Waals surface area contributed by atoms with Gasteiger partial charge in [0.25, 0.3) is 5.91 Å². The lowest BCUT2D eigenvalue weighted by Gasteiger charge is -2.26. The molecular formula is C10H14ClN3OS. The molecule has 0 saturated heterocycles. The summed E-state index contributed by atoms with van der Waals surface area (Å²) in [5.41, 5.74) is 0. The number of hydrogen-bond acceptors (Lipinski definition) is 4. The zero-order valence-corrected chi connectivity index (χ0v) is 10.4. The molecule has 6 heteroatoms. The summed E-state index contributed by atoms with van der Waals surface area (Å²) in [4.78, 5) is 12.2. The summed E-state index contributed by atoms with van der Waals surface area (Å²) in [6.07, 6.45) is 6.07. The smallest absolute Gasteiger partial charge is 0.264 e. The molecule has 1 aliphatic carbocycles. The van der Waals surface area contributed by atoms with E-state index < -0.39 is 0 Å². The third-order valence-electron chi connectivity index (χ3n) is 2.93. The SMILES string of the molecule is O=C(NCC1CCCCC1Cl)c1cnns1. The molecule has 0 aromatic carbocycles. The van der Waals surface area contributed by atoms with E-state index in [1.807, 2.05) is 0 Å². The number of amides is 1. The van der Waals surface area contributed by atoms with Crippen molar-refractivity contribution in [3.63, 3.8) is 0 Å². The Labute approximate surface area is 104 Å². The average Bonchev–Trinajstić information content (AvgIpc) is 2.81. The van der Waals surface area contributed by atoms with E-state index in [4.69, 9.17) is 11.6 Å². The van der Waals surface area contributed by atoms with Gasteiger partial charge in [0.1, 0.15) is 4.88 Å². The summed E-state index contributed by atoms with van der Waals surface area (Å²) in [7, 11) is 0. The van der Waals surface area contributed by atoms with Crippen LogP contribution in [-0.4, -0.2) is 27.4 Å². The minimum absolute atomic E-state index is 0.0931. The minimum Gasteiger partial charge on any atom is -0.351 e. The molecule has 16 heavy (non-hydrogen) atoms. The normalized spacial score (nSPS) is 25.3. The van der Waals surface area contributed by atoms with Gasteiger partial charge in [-0.15, -0.1) is 16.7 Å². The Morgan fingerprint density at radius 3 is 3.06 bits per heavy atom. The van der Waals surface area contributed by atoms with Gasteiger partial charge in [-0.1, -0.05) is 17.3 Å². The summed E-state index contributed by atoms with van der Waals surface area (Å²) in [6, 6.07) is 0. The Balaban J connectivity index is 1.80. The average molecular weight is 260 g/mol. The molecule has 0 aliphatic heterocycles. The molecule has 1 fully saturated rings. The molecule has 0 spiro atoms. The van der Waals surface area contributed by atoms with Crippen molar-refractivity contribution in [3.8, 4) is 0 Å². The molecule has 4 nitrogen and oxygen atoms in total. The van der Waals surface area contributed by atoms with Gasteiger partial charge >= 0.3 is 0 Å². The topological polar surface area (TPSA) is 54.9 Å². The number of nitrogens with one attached hydrogen (secondary N) is 1. The first kappa shape index (κ1) is 11.8. The third kappa shape index (κ3) is 2.92. The Hall–Kier alpha value is -0.680. The highest BCUT2D eigenvalue weighted by atomic mass is 35.5. The highest BCUT2D eigenvalue weighted by Crippen LogP contribution is 2.28. The quantitative estimate of drug-likeness (QED) is 0.846. The summed E-state index contributed by atoms with van der Waals surface area (Å²) >= 11 is 7.33. The van der Waals surface area contributed by atoms with Crippen LogP contribution in [0.4, 0.5) is 0 Å². The fourth-order valence-corrected chi connectivity index (χ4v) is 2.77. The Bertz CT molecular complexity index is 344. The highest BCUT2D eigenvalue weighted by Gasteiger charge is 2.23. The second-order valence-electron chi connectivity index (χ2n) is 4.05. The first-order valence-corrected chi connectivity index (χ1v) is 6.68. The van der Waals surface area contributed by atoms with E-state index in [1.54, 1.807) is 0 Å². The largest absolute Gasteiger partial charge is 0.351 e. The van der Waals surface area contributed by atoms with Crippen molar-refractivity contribution in [2.75, 3.05) is 6.54 Å². The van der Waals surface area contributed by atoms with E-state index >= 15 is 0 Å². The van der Waals surface area contributed by atoms with Gasteiger partial charge in [0.15, 0.2) is 0 Å². The molecule has 2 unspecified atom stereocenters. The van der Waals surface area contributed by atoms with E-state index in [1.165, 1.54) is 19.0 Å². The zero-order chi connectivity index (χ0) is 11.4. The van der Waals surface area contributed by atoms with E-state index in [0.717, 1.165) is 24.4 Å². The lowest BCUT2D eigenvalue weighted by atomic mass is 9.89. The van der Waals surface area contributed by atoms with Crippen molar-refractivity contribution >= 4 is 29.0 Å². The van der Waals surface area contributed by atoms with Crippen LogP contribution in [0.3, 0.4) is 0 Å². The van der Waals surface area contributed by atoms with Crippen molar-refractivity contribution in [2.24, 2.45) is 5.92 Å². The third-order valence-corrected chi connectivity index (χ3v) is 4.16. The maximum Gasteiger partial charge on any atom is 0.264 e. The van der Waals surface area contributed by atoms with Crippen molar-refractivity contribution in [1.29, 1.82) is 0 Å². The fourth-order valence-electron chi connectivity index (χ4n) is 1.97. The second kappa shape index (κ2) is 5.59. The molecule has 1 saturated carbocycles. The van der Waals surface area contributed by atoms with Crippen molar-refractivity contribution in [2.45, 2.75) is 31.1 Å². The van der Waals surface area contributed by atoms with Crippen molar-refractivity contribution in [3.05, 3.63) is 11.1 Å². The van der Waals surface area contributed by atoms with E-state index in [-0.39, 0.29) is 11.3 Å². The predicted octanol–water partition coefficient (Wildman–Crippen LogP) is 2.07. The maximum absolute atomic E-state index is 11.6. The first-order valence-electron chi connectivity index (χ1n) is 5.47. The number of halogens is 1. The van der Waals surface area contributed by atoms with Crippen LogP contribution in [0.25, 0.3) is 0 Å². The van der Waals surface area contributed by atoms with Gasteiger partial charge in [-0.2, -0.15) is 0 Å². The Morgan fingerprint density at radius 2 is 2.38 bits per heavy atom. The summed E-state index contributed by atoms with van der Waals surface area (Å²) in [6.45, 7) is 0.658. The van der Waals surface area contributed by atoms with Gasteiger partial charge in [-0.3, -0.25) is 4.79 Å². The number of aromatic nitrogens is 2. The molecule has 1 aromatic heterocycles. The van der Waals surface area contributed by atoms with Crippen LogP contribution >= 0.6 is 23.1 Å². The molecule has 0 bridgehead atoms. The summed E-state index contributed by atoms with van der Waals surface area (Å²) in [5, 5.41) is 6.73. The van der Waals surface area contributed by atoms with Crippen LogP contribution < -0.4 is 5.32 Å². The standard InChI is InChI=1S/C10H14ClN3OS/c11-8-4-2-1-3-7(8)5-12-10(15)9-6-13-14-16-9/h6-8H,1-5H2,(H,12,15). The molecular weight excluding hydrogens is 246 g/mol. The van der Waals surface area contributed by atoms with Crippen molar-refractivity contribution < 1.29 is 4.79 Å². The van der Waals surface area contributed by atoms with Gasteiger partial charge < -0.3 is 5.32 Å². The van der Waals surface area contributed by atoms with Gasteiger partial charge in [-0.25, -0.2) is 0 Å². The van der Waals surface area contributed by atoms with Crippen LogP contribution in [0.15, 0.2) is 6.20 Å². The molecule has 1 aliphatic rings. The minimum atomic E-state index is -0.0931. The van der Waals surface area contributed by atoms with Crippen LogP contribution in [-0.2, 0) is 0 Å². The molecule has 1 amide bonds. The molecule has 1 N–H and O–H groups in total. The molecule has 2 rings (SSSR count). The van der Waals surface area contributed by atoms with Gasteiger partial charge in [-0.05, 0) is 30.3 Å². The molecule has 2 atom stereocenters. The number of carbonyl (C=O) groups is 1. The fraction of sp³-hybridized carbons (Fsp3) is 0.700. The van der Waals surface area contributed by atoms with Crippen LogP contribution in [0.1, 0.15) is 35.4 Å². The molecule has 88 valence electrons. The van der Waals surface area contributed by atoms with Gasteiger partial charge in [0.2, 0.25) is 0 Å². The van der Waals surface area contributed by atoms with Gasteiger partial charge in [0.05, 0.1) is 6.20 Å². The van der Waals surface area contributed by atoms with Crippen LogP contribution in [0.5, 0.6) is 0 Å². The monoisotopic (exact) mass is 259 g/mol. The zero-order valence-electron chi connectivity index (χ0n) is 8.86. The van der Waals surface area contributed by atoms with Gasteiger partial charge in [0, 0.05) is 11.9 Å². The van der Waals surface area contributed by atoms with Crippen molar-refractivity contribution in [1.82, 2.24) is 14.9 Å². The number of carbonyl (C=O) groups excluding carboxylic acids is 1. The van der Waals surface area contributed by atoms with E-state index in [2.05, 4.69) is 14.9 Å². The highest BCUT2D eigenvalue weighted by molar-refractivity contribution is 7.07. The number of alkyl halides is 1. The van der Waals surface area contributed by atoms with E-state index in [9.17, 15) is 4.79 Å². The number of rotatable bonds is 3. The second-order valence-corrected chi connectivity index (χ2v) is 5.40. The maximum atomic E-state index is 11.6.